The number of methoxy groups -OCH3 is 3. The van der Waals surface area contributed by atoms with Gasteiger partial charge in [-0.3, -0.25) is 4.79 Å². The molecule has 0 amide bonds. The number of unbranched alkanes of at least 4 members (excludes halogenated alkanes) is 14. The number of rotatable bonds is 40. The molecule has 2 aliphatic rings. The zero-order valence-electron chi connectivity index (χ0n) is 52.1. The Balaban J connectivity index is 1.36. The molecule has 0 radical (unpaired) electrons. The van der Waals surface area contributed by atoms with Crippen molar-refractivity contribution in [3.63, 3.8) is 0 Å². The van der Waals surface area contributed by atoms with Crippen LogP contribution in [-0.2, 0) is 73.9 Å². The van der Waals surface area contributed by atoms with Crippen LogP contribution in [0.3, 0.4) is 0 Å². The third-order valence-corrected chi connectivity index (χ3v) is 17.6. The fraction of sp³-hybridized carbons (Fsp3) is 0.662. The summed E-state index contributed by atoms with van der Waals surface area (Å²) < 4.78 is 176. The molecule has 1 aliphatic carbocycles. The van der Waals surface area contributed by atoms with Crippen LogP contribution >= 0.6 is 0 Å². The minimum Gasteiger partial charge on any atom is -0.460 e. The van der Waals surface area contributed by atoms with Gasteiger partial charge in [-0.15, -0.1) is 0 Å². The van der Waals surface area contributed by atoms with Crippen molar-refractivity contribution in [1.29, 1.82) is 0 Å². The number of hydrogen-bond acceptors (Lipinski definition) is 12. The quantitative estimate of drug-likeness (QED) is 0.0231. The van der Waals surface area contributed by atoms with Gasteiger partial charge in [0, 0.05) is 56.8 Å². The Morgan fingerprint density at radius 3 is 1.17 bits per heavy atom. The molecule has 10 atom stereocenters. The number of alkyl halides is 9. The van der Waals surface area contributed by atoms with Crippen molar-refractivity contribution < 1.29 is 96.6 Å². The molecule has 89 heavy (non-hydrogen) atoms. The van der Waals surface area contributed by atoms with Gasteiger partial charge in [-0.05, 0) is 83.5 Å². The smallest absolute Gasteiger partial charge is 0.432 e. The van der Waals surface area contributed by atoms with Crippen molar-refractivity contribution in [3.05, 3.63) is 108 Å². The first kappa shape index (κ1) is 74.3. The Morgan fingerprint density at radius 1 is 0.483 bits per heavy atom. The van der Waals surface area contributed by atoms with Crippen LogP contribution in [0.4, 0.5) is 39.5 Å². The van der Waals surface area contributed by atoms with E-state index in [9.17, 15) is 24.0 Å². The highest BCUT2D eigenvalue weighted by atomic mass is 19.4. The van der Waals surface area contributed by atoms with Crippen LogP contribution in [0.2, 0.25) is 0 Å². The molecule has 5 rings (SSSR count). The average molecular weight is 1270 g/mol. The molecule has 0 unspecified atom stereocenters. The lowest BCUT2D eigenvalue weighted by Gasteiger charge is -2.36. The molecule has 0 bridgehead atoms. The molecule has 1 aliphatic heterocycles. The molecule has 0 aromatic heterocycles. The number of esters is 3. The summed E-state index contributed by atoms with van der Waals surface area (Å²) in [4.78, 5) is 66.6. The third kappa shape index (κ3) is 19.8. The van der Waals surface area contributed by atoms with Crippen LogP contribution in [0.15, 0.2) is 91.0 Å². The highest BCUT2D eigenvalue weighted by Crippen LogP contribution is 2.47. The second kappa shape index (κ2) is 35.4. The van der Waals surface area contributed by atoms with Crippen LogP contribution in [0.25, 0.3) is 0 Å². The van der Waals surface area contributed by atoms with Crippen LogP contribution in [0, 0.1) is 11.8 Å². The number of carbonyl (C=O) groups is 5. The van der Waals surface area contributed by atoms with Gasteiger partial charge in [-0.25, -0.2) is 14.4 Å². The monoisotopic (exact) mass is 1270 g/mol. The summed E-state index contributed by atoms with van der Waals surface area (Å²) in [6.07, 6.45) is -7.38. The molecular formula is C68H91F9O12. The summed E-state index contributed by atoms with van der Waals surface area (Å²) in [6.45, 7) is 3.59. The SMILES string of the molecule is CCCCCCCCCCCC[C@@H](OC(=O)[C@](OC)(c1ccccc1)C(F)(F)F)[C@H]1CC[C@H]([C@@H](CCCCCC[C@@H](CCCCC[C@H]2CC(=O)[C@@H](CC(C)=O)C2)OC(=O)[C@](OC)(c2ccccc2)C(F)(F)F)OC(=O)[C@](OC)(c2ccccc2)C(F)(F)F)O1. The maximum atomic E-state index is 15.3. The van der Waals surface area contributed by atoms with E-state index in [2.05, 4.69) is 6.92 Å². The first-order chi connectivity index (χ1) is 42.4. The summed E-state index contributed by atoms with van der Waals surface area (Å²) in [6, 6.07) is 18.9. The number of halogens is 9. The fourth-order valence-corrected chi connectivity index (χ4v) is 12.7. The number of carbonyl (C=O) groups excluding carboxylic acids is 5. The molecule has 2 fully saturated rings. The lowest BCUT2D eigenvalue weighted by Crippen LogP contribution is -2.53. The van der Waals surface area contributed by atoms with Crippen LogP contribution in [0.1, 0.15) is 204 Å². The van der Waals surface area contributed by atoms with E-state index in [4.69, 9.17) is 33.2 Å². The molecule has 0 N–H and O–H groups in total. The number of hydrogen-bond donors (Lipinski definition) is 0. The summed E-state index contributed by atoms with van der Waals surface area (Å²) in [5.41, 5.74) is -12.2. The number of Topliss-reactive ketones (excluding diaryl/α,β-unsaturated/α-hetero) is 2. The second-order valence-corrected chi connectivity index (χ2v) is 23.9. The lowest BCUT2D eigenvalue weighted by molar-refractivity contribution is -0.281. The summed E-state index contributed by atoms with van der Waals surface area (Å²) in [7, 11) is 2.25. The average Bonchev–Trinajstić information content (AvgIpc) is 1.37. The fourth-order valence-electron chi connectivity index (χ4n) is 12.7. The molecule has 1 saturated heterocycles. The van der Waals surface area contributed by atoms with Gasteiger partial charge in [0.2, 0.25) is 0 Å². The van der Waals surface area contributed by atoms with E-state index in [1.54, 1.807) is 0 Å². The number of benzene rings is 3. The van der Waals surface area contributed by atoms with Crippen LogP contribution < -0.4 is 0 Å². The zero-order valence-corrected chi connectivity index (χ0v) is 52.1. The largest absolute Gasteiger partial charge is 0.460 e. The minimum atomic E-state index is -5.36. The van der Waals surface area contributed by atoms with Gasteiger partial charge in [0.05, 0.1) is 12.2 Å². The zero-order chi connectivity index (χ0) is 65.3. The molecule has 1 saturated carbocycles. The van der Waals surface area contributed by atoms with Crippen LogP contribution in [0.5, 0.6) is 0 Å². The van der Waals surface area contributed by atoms with Crippen molar-refractivity contribution in [3.8, 4) is 0 Å². The van der Waals surface area contributed by atoms with Crippen molar-refractivity contribution >= 4 is 29.5 Å². The summed E-state index contributed by atoms with van der Waals surface area (Å²) in [5.74, 6) is -5.39. The predicted molar refractivity (Wildman–Crippen MR) is 315 cm³/mol. The normalized spacial score (nSPS) is 20.4. The highest BCUT2D eigenvalue weighted by Gasteiger charge is 2.67. The van der Waals surface area contributed by atoms with Crippen molar-refractivity contribution in [2.75, 3.05) is 21.3 Å². The first-order valence-corrected chi connectivity index (χ1v) is 31.7. The van der Waals surface area contributed by atoms with Gasteiger partial charge in [-0.2, -0.15) is 39.5 Å². The second-order valence-electron chi connectivity index (χ2n) is 23.9. The minimum absolute atomic E-state index is 0.0233. The molecule has 21 heteroatoms. The van der Waals surface area contributed by atoms with E-state index in [0.717, 1.165) is 109 Å². The molecule has 12 nitrogen and oxygen atoms in total. The topological polar surface area (TPSA) is 150 Å². The van der Waals surface area contributed by atoms with Crippen molar-refractivity contribution in [2.24, 2.45) is 11.8 Å². The maximum Gasteiger partial charge on any atom is 0.432 e. The molecule has 0 spiro atoms. The van der Waals surface area contributed by atoms with Gasteiger partial charge in [0.25, 0.3) is 16.8 Å². The van der Waals surface area contributed by atoms with Gasteiger partial charge in [0.1, 0.15) is 29.9 Å². The molecule has 3 aromatic rings. The number of ketones is 2. The maximum absolute atomic E-state index is 15.3. The molecule has 3 aromatic carbocycles. The van der Waals surface area contributed by atoms with E-state index >= 15 is 39.5 Å². The third-order valence-electron chi connectivity index (χ3n) is 17.6. The van der Waals surface area contributed by atoms with E-state index in [-0.39, 0.29) is 74.8 Å². The molecule has 1 heterocycles. The van der Waals surface area contributed by atoms with Gasteiger partial charge in [0.15, 0.2) is 0 Å². The Bertz CT molecular complexity index is 2600. The van der Waals surface area contributed by atoms with Crippen molar-refractivity contribution in [1.82, 2.24) is 0 Å². The van der Waals surface area contributed by atoms with E-state index in [0.29, 0.717) is 70.6 Å². The van der Waals surface area contributed by atoms with Crippen molar-refractivity contribution in [2.45, 2.75) is 253 Å². The van der Waals surface area contributed by atoms with E-state index in [1.165, 1.54) is 61.5 Å². The summed E-state index contributed by atoms with van der Waals surface area (Å²) in [5, 5.41) is 0. The van der Waals surface area contributed by atoms with Gasteiger partial charge in [-0.1, -0.05) is 188 Å². The first-order valence-electron chi connectivity index (χ1n) is 31.7. The van der Waals surface area contributed by atoms with E-state index in [1.807, 2.05) is 0 Å². The standard InChI is InChI=1S/C68H91F9O12/c1-6-7-8-9-10-11-12-13-14-30-41-56(88-61(81)64(84-4,67(72,73)74)52-35-24-19-25-36-52)58-43-44-59(87-58)57(89-62(82)65(85-5,68(75,76)77)53-37-26-20-27-38-53)42-31-16-15-28-39-54(40-29-17-21-32-49-46-50(45-48(2)78)55(79)47-49)86-60(80)63(83-3,66(69,70)71)51-33-22-18-23-34-51/h18-20,22-27,33-38,49-50,54,56-59H,6-17,21,28-32,39-47H2,1-5H3/t49-,50+,54+,56-,57-,58-,59-,63-,64-,65-/m1/s1. The van der Waals surface area contributed by atoms with E-state index < -0.39 is 100 Å². The highest BCUT2D eigenvalue weighted by molar-refractivity contribution is 5.88. The molecular weight excluding hydrogens is 1180 g/mol. The number of ether oxygens (including phenoxy) is 7. The van der Waals surface area contributed by atoms with Gasteiger partial charge < -0.3 is 38.0 Å². The summed E-state index contributed by atoms with van der Waals surface area (Å²) >= 11 is 0. The lowest BCUT2D eigenvalue weighted by atomic mass is 9.92. The Hall–Kier alpha value is -5.38. The Labute approximate surface area is 518 Å². The Kier molecular flexibility index (Phi) is 29.6. The Morgan fingerprint density at radius 2 is 0.820 bits per heavy atom. The van der Waals surface area contributed by atoms with Gasteiger partial charge >= 0.3 is 36.4 Å². The van der Waals surface area contributed by atoms with Crippen LogP contribution in [-0.4, -0.2) is 99.9 Å². The molecule has 498 valence electrons. The predicted octanol–water partition coefficient (Wildman–Crippen LogP) is 16.8.